The molecule has 114 valence electrons. The fourth-order valence-corrected chi connectivity index (χ4v) is 2.88. The van der Waals surface area contributed by atoms with Crippen molar-refractivity contribution in [1.29, 1.82) is 5.26 Å². The number of hydrogen-bond donors (Lipinski definition) is 1. The average Bonchev–Trinajstić information content (AvgIpc) is 2.55. The van der Waals surface area contributed by atoms with Gasteiger partial charge in [-0.2, -0.15) is 5.26 Å². The van der Waals surface area contributed by atoms with Crippen LogP contribution in [0.1, 0.15) is 18.4 Å². The van der Waals surface area contributed by atoms with Gasteiger partial charge in [-0.25, -0.2) is 4.98 Å². The summed E-state index contributed by atoms with van der Waals surface area (Å²) >= 11 is 0. The number of nitrogens with zero attached hydrogens (tertiary/aromatic N) is 4. The molecule has 6 nitrogen and oxygen atoms in total. The van der Waals surface area contributed by atoms with E-state index in [4.69, 9.17) is 11.0 Å². The Kier molecular flexibility index (Phi) is 4.18. The Bertz CT molecular complexity index is 768. The quantitative estimate of drug-likeness (QED) is 0.900. The Balaban J connectivity index is 1.84. The van der Waals surface area contributed by atoms with E-state index in [1.165, 1.54) is 6.20 Å². The number of nitriles is 1. The maximum absolute atomic E-state index is 12.1. The van der Waals surface area contributed by atoms with Crippen molar-refractivity contribution in [1.82, 2.24) is 14.5 Å². The third kappa shape index (κ3) is 3.01. The van der Waals surface area contributed by atoms with E-state index in [1.54, 1.807) is 22.8 Å². The highest BCUT2D eigenvalue weighted by atomic mass is 16.1. The van der Waals surface area contributed by atoms with E-state index >= 15 is 0 Å². The van der Waals surface area contributed by atoms with Crippen molar-refractivity contribution in [3.05, 3.63) is 40.3 Å². The van der Waals surface area contributed by atoms with Crippen LogP contribution in [0, 0.1) is 11.3 Å². The minimum Gasteiger partial charge on any atom is -0.328 e. The molecule has 0 aliphatic carbocycles. The lowest BCUT2D eigenvalue weighted by Crippen LogP contribution is -2.41. The van der Waals surface area contributed by atoms with Crippen molar-refractivity contribution in [2.24, 2.45) is 5.73 Å². The summed E-state index contributed by atoms with van der Waals surface area (Å²) in [6.45, 7) is 3.36. The topological polar surface area (TPSA) is 87.9 Å². The van der Waals surface area contributed by atoms with E-state index in [2.05, 4.69) is 16.0 Å². The summed E-state index contributed by atoms with van der Waals surface area (Å²) < 4.78 is 1.71. The van der Waals surface area contributed by atoms with Crippen molar-refractivity contribution >= 4 is 11.0 Å². The highest BCUT2D eigenvalue weighted by molar-refractivity contribution is 5.76. The normalized spacial score (nSPS) is 16.7. The van der Waals surface area contributed by atoms with Gasteiger partial charge in [0.15, 0.2) is 0 Å². The van der Waals surface area contributed by atoms with Gasteiger partial charge in [0.25, 0.3) is 5.56 Å². The Morgan fingerprint density at radius 2 is 2.09 bits per heavy atom. The molecule has 1 aliphatic heterocycles. The minimum atomic E-state index is -0.128. The van der Waals surface area contributed by atoms with Gasteiger partial charge in [0.2, 0.25) is 0 Å². The molecule has 0 atom stereocenters. The molecule has 0 unspecified atom stereocenters. The van der Waals surface area contributed by atoms with Crippen molar-refractivity contribution in [3.8, 4) is 6.07 Å². The summed E-state index contributed by atoms with van der Waals surface area (Å²) in [6, 6.07) is 7.65. The molecule has 2 heterocycles. The second-order valence-corrected chi connectivity index (χ2v) is 5.74. The molecular weight excluding hydrogens is 278 g/mol. The van der Waals surface area contributed by atoms with Crippen LogP contribution >= 0.6 is 0 Å². The zero-order chi connectivity index (χ0) is 15.5. The molecule has 1 aromatic heterocycles. The predicted molar refractivity (Wildman–Crippen MR) is 84.4 cm³/mol. The predicted octanol–water partition coefficient (Wildman–Crippen LogP) is 0.691. The van der Waals surface area contributed by atoms with Crippen LogP contribution in [0.3, 0.4) is 0 Å². The van der Waals surface area contributed by atoms with Gasteiger partial charge in [-0.1, -0.05) is 0 Å². The van der Waals surface area contributed by atoms with Crippen LogP contribution in [-0.2, 0) is 6.54 Å². The van der Waals surface area contributed by atoms with Crippen LogP contribution in [0.15, 0.2) is 29.2 Å². The first-order valence-corrected chi connectivity index (χ1v) is 7.55. The fraction of sp³-hybridized carbons (Fsp3) is 0.438. The number of rotatable bonds is 3. The Morgan fingerprint density at radius 1 is 1.32 bits per heavy atom. The minimum absolute atomic E-state index is 0.128. The molecule has 0 saturated carbocycles. The van der Waals surface area contributed by atoms with Gasteiger partial charge in [-0.3, -0.25) is 4.79 Å². The van der Waals surface area contributed by atoms with Gasteiger partial charge in [-0.05, 0) is 44.1 Å². The molecular formula is C16H19N5O. The number of piperidine rings is 1. The number of fused-ring (bicyclic) bond motifs is 1. The third-order valence-corrected chi connectivity index (χ3v) is 4.25. The van der Waals surface area contributed by atoms with E-state index in [9.17, 15) is 4.79 Å². The molecule has 0 radical (unpaired) electrons. The lowest BCUT2D eigenvalue weighted by Gasteiger charge is -2.30. The SMILES string of the molecule is N#Cc1ccc2ncc(=O)n(CCN3CCC(N)CC3)c2c1. The summed E-state index contributed by atoms with van der Waals surface area (Å²) in [7, 11) is 0. The molecule has 2 N–H and O–H groups in total. The summed E-state index contributed by atoms with van der Waals surface area (Å²) in [6.07, 6.45) is 3.36. The molecule has 2 aromatic rings. The number of hydrogen-bond acceptors (Lipinski definition) is 5. The number of likely N-dealkylation sites (tertiary alicyclic amines) is 1. The largest absolute Gasteiger partial charge is 0.328 e. The number of nitrogens with two attached hydrogens (primary N) is 1. The molecule has 1 aliphatic rings. The molecule has 6 heteroatoms. The van der Waals surface area contributed by atoms with Crippen LogP contribution in [-0.4, -0.2) is 40.1 Å². The molecule has 0 spiro atoms. The van der Waals surface area contributed by atoms with E-state index in [1.807, 2.05) is 0 Å². The summed E-state index contributed by atoms with van der Waals surface area (Å²) in [5.74, 6) is 0. The van der Waals surface area contributed by atoms with Crippen LogP contribution < -0.4 is 11.3 Å². The zero-order valence-electron chi connectivity index (χ0n) is 12.4. The maximum atomic E-state index is 12.1. The number of aromatic nitrogens is 2. The Labute approximate surface area is 128 Å². The number of benzene rings is 1. The van der Waals surface area contributed by atoms with Crippen molar-refractivity contribution in [2.45, 2.75) is 25.4 Å². The Hall–Kier alpha value is -2.23. The fourth-order valence-electron chi connectivity index (χ4n) is 2.88. The van der Waals surface area contributed by atoms with Gasteiger partial charge in [0.05, 0.1) is 28.9 Å². The Morgan fingerprint density at radius 3 is 2.82 bits per heavy atom. The van der Waals surface area contributed by atoms with Crippen LogP contribution in [0.25, 0.3) is 11.0 Å². The van der Waals surface area contributed by atoms with Crippen LogP contribution in [0.5, 0.6) is 0 Å². The maximum Gasteiger partial charge on any atom is 0.269 e. The molecule has 22 heavy (non-hydrogen) atoms. The first-order valence-electron chi connectivity index (χ1n) is 7.55. The van der Waals surface area contributed by atoms with Gasteiger partial charge >= 0.3 is 0 Å². The lowest BCUT2D eigenvalue weighted by molar-refractivity contribution is 0.206. The van der Waals surface area contributed by atoms with Crippen molar-refractivity contribution in [3.63, 3.8) is 0 Å². The molecule has 1 aromatic carbocycles. The molecule has 3 rings (SSSR count). The van der Waals surface area contributed by atoms with Crippen LogP contribution in [0.2, 0.25) is 0 Å². The first kappa shape index (κ1) is 14.7. The lowest BCUT2D eigenvalue weighted by atomic mass is 10.1. The van der Waals surface area contributed by atoms with Crippen LogP contribution in [0.4, 0.5) is 0 Å². The summed E-state index contributed by atoms with van der Waals surface area (Å²) in [4.78, 5) is 18.6. The molecule has 0 amide bonds. The van der Waals surface area contributed by atoms with Crippen molar-refractivity contribution in [2.75, 3.05) is 19.6 Å². The van der Waals surface area contributed by atoms with Gasteiger partial charge < -0.3 is 15.2 Å². The molecule has 1 fully saturated rings. The molecule has 0 bridgehead atoms. The standard InChI is InChI=1S/C16H19N5O/c17-10-12-1-2-14-15(9-12)21(16(22)11-19-14)8-7-20-5-3-13(18)4-6-20/h1-2,9,11,13H,3-8,18H2. The second kappa shape index (κ2) is 6.26. The highest BCUT2D eigenvalue weighted by Crippen LogP contribution is 2.13. The van der Waals surface area contributed by atoms with Gasteiger partial charge in [0, 0.05) is 19.1 Å². The van der Waals surface area contributed by atoms with Gasteiger partial charge in [-0.15, -0.1) is 0 Å². The first-order chi connectivity index (χ1) is 10.7. The van der Waals surface area contributed by atoms with E-state index < -0.39 is 0 Å². The van der Waals surface area contributed by atoms with E-state index in [0.717, 1.165) is 43.5 Å². The third-order valence-electron chi connectivity index (χ3n) is 4.25. The second-order valence-electron chi connectivity index (χ2n) is 5.74. The van der Waals surface area contributed by atoms with Gasteiger partial charge in [0.1, 0.15) is 0 Å². The van der Waals surface area contributed by atoms with E-state index in [0.29, 0.717) is 18.2 Å². The van der Waals surface area contributed by atoms with E-state index in [-0.39, 0.29) is 5.56 Å². The summed E-state index contributed by atoms with van der Waals surface area (Å²) in [5.41, 5.74) is 7.78. The van der Waals surface area contributed by atoms with Crippen molar-refractivity contribution < 1.29 is 0 Å². The smallest absolute Gasteiger partial charge is 0.269 e. The molecule has 1 saturated heterocycles. The summed E-state index contributed by atoms with van der Waals surface area (Å²) in [5, 5.41) is 9.04. The monoisotopic (exact) mass is 297 g/mol. The average molecular weight is 297 g/mol. The highest BCUT2D eigenvalue weighted by Gasteiger charge is 2.16. The zero-order valence-corrected chi connectivity index (χ0v) is 12.4.